The first-order valence-corrected chi connectivity index (χ1v) is 4.04. The van der Waals surface area contributed by atoms with Gasteiger partial charge >= 0.3 is 0 Å². The summed E-state index contributed by atoms with van der Waals surface area (Å²) in [5.74, 6) is 0.105. The fourth-order valence-corrected chi connectivity index (χ4v) is 1.11. The lowest BCUT2D eigenvalue weighted by Gasteiger charge is -2.00. The molecule has 0 amide bonds. The molecule has 0 bridgehead atoms. The standard InChI is InChI=1S/C10H13NO/c1-8(12)10-4-2-3-9(7-10)5-6-11/h2-4,7H,5-6,11H2,1H3. The lowest BCUT2D eigenvalue weighted by molar-refractivity contribution is 0.101. The summed E-state index contributed by atoms with van der Waals surface area (Å²) < 4.78 is 0. The number of ketones is 1. The molecule has 2 N–H and O–H groups in total. The third kappa shape index (κ3) is 2.17. The molecular formula is C10H13NO. The first-order chi connectivity index (χ1) is 5.74. The molecule has 0 unspecified atom stereocenters. The fraction of sp³-hybridized carbons (Fsp3) is 0.300. The van der Waals surface area contributed by atoms with Gasteiger partial charge in [0.15, 0.2) is 5.78 Å². The van der Waals surface area contributed by atoms with Crippen LogP contribution in [0.4, 0.5) is 0 Å². The molecular weight excluding hydrogens is 150 g/mol. The Bertz CT molecular complexity index is 281. The van der Waals surface area contributed by atoms with Gasteiger partial charge < -0.3 is 5.73 Å². The average molecular weight is 163 g/mol. The fourth-order valence-electron chi connectivity index (χ4n) is 1.11. The van der Waals surface area contributed by atoms with Crippen LogP contribution < -0.4 is 5.73 Å². The van der Waals surface area contributed by atoms with Crippen molar-refractivity contribution in [3.63, 3.8) is 0 Å². The summed E-state index contributed by atoms with van der Waals surface area (Å²) in [5.41, 5.74) is 7.30. The summed E-state index contributed by atoms with van der Waals surface area (Å²) in [4.78, 5) is 11.0. The summed E-state index contributed by atoms with van der Waals surface area (Å²) in [6.07, 6.45) is 0.834. The minimum atomic E-state index is 0.105. The van der Waals surface area contributed by atoms with Crippen molar-refractivity contribution >= 4 is 5.78 Å². The van der Waals surface area contributed by atoms with Crippen LogP contribution in [0, 0.1) is 0 Å². The molecule has 2 nitrogen and oxygen atoms in total. The predicted molar refractivity (Wildman–Crippen MR) is 49.2 cm³/mol. The van der Waals surface area contributed by atoms with Gasteiger partial charge in [-0.15, -0.1) is 0 Å². The molecule has 0 aromatic heterocycles. The van der Waals surface area contributed by atoms with Crippen molar-refractivity contribution in [1.82, 2.24) is 0 Å². The smallest absolute Gasteiger partial charge is 0.159 e. The molecule has 1 aromatic carbocycles. The van der Waals surface area contributed by atoms with Crippen molar-refractivity contribution in [3.05, 3.63) is 35.4 Å². The Morgan fingerprint density at radius 1 is 1.50 bits per heavy atom. The Morgan fingerprint density at radius 2 is 2.25 bits per heavy atom. The van der Waals surface area contributed by atoms with Crippen LogP contribution in [0.3, 0.4) is 0 Å². The molecule has 0 fully saturated rings. The van der Waals surface area contributed by atoms with Crippen molar-refractivity contribution in [2.24, 2.45) is 5.73 Å². The highest BCUT2D eigenvalue weighted by Gasteiger charge is 1.98. The lowest BCUT2D eigenvalue weighted by Crippen LogP contribution is -2.03. The van der Waals surface area contributed by atoms with Crippen LogP contribution in [0.15, 0.2) is 24.3 Å². The highest BCUT2D eigenvalue weighted by atomic mass is 16.1. The number of benzene rings is 1. The number of carbonyl (C=O) groups is 1. The second kappa shape index (κ2) is 4.02. The number of nitrogens with two attached hydrogens (primary N) is 1. The molecule has 0 spiro atoms. The van der Waals surface area contributed by atoms with Crippen molar-refractivity contribution in [3.8, 4) is 0 Å². The number of hydrogen-bond donors (Lipinski definition) is 1. The van der Waals surface area contributed by atoms with E-state index in [2.05, 4.69) is 0 Å². The Kier molecular flexibility index (Phi) is 3.00. The molecule has 0 atom stereocenters. The van der Waals surface area contributed by atoms with E-state index >= 15 is 0 Å². The van der Waals surface area contributed by atoms with Crippen LogP contribution in [0.1, 0.15) is 22.8 Å². The number of rotatable bonds is 3. The van der Waals surface area contributed by atoms with Gasteiger partial charge in [-0.2, -0.15) is 0 Å². The first kappa shape index (κ1) is 8.94. The topological polar surface area (TPSA) is 43.1 Å². The molecule has 0 aliphatic carbocycles. The molecule has 1 aromatic rings. The quantitative estimate of drug-likeness (QED) is 0.684. The first-order valence-electron chi connectivity index (χ1n) is 4.04. The van der Waals surface area contributed by atoms with Crippen LogP contribution in [-0.4, -0.2) is 12.3 Å². The second-order valence-corrected chi connectivity index (χ2v) is 2.80. The van der Waals surface area contributed by atoms with E-state index in [0.717, 1.165) is 17.5 Å². The molecule has 64 valence electrons. The highest BCUT2D eigenvalue weighted by molar-refractivity contribution is 5.94. The van der Waals surface area contributed by atoms with Gasteiger partial charge in [-0.3, -0.25) is 4.79 Å². The summed E-state index contributed by atoms with van der Waals surface area (Å²) >= 11 is 0. The van der Waals surface area contributed by atoms with E-state index in [0.29, 0.717) is 6.54 Å². The van der Waals surface area contributed by atoms with Crippen LogP contribution in [0.2, 0.25) is 0 Å². The van der Waals surface area contributed by atoms with E-state index in [1.807, 2.05) is 24.3 Å². The summed E-state index contributed by atoms with van der Waals surface area (Å²) in [6.45, 7) is 2.20. The predicted octanol–water partition coefficient (Wildman–Crippen LogP) is 1.39. The van der Waals surface area contributed by atoms with Crippen molar-refractivity contribution in [2.45, 2.75) is 13.3 Å². The Morgan fingerprint density at radius 3 is 2.83 bits per heavy atom. The monoisotopic (exact) mass is 163 g/mol. The van der Waals surface area contributed by atoms with Gasteiger partial charge in [0.2, 0.25) is 0 Å². The summed E-state index contributed by atoms with van der Waals surface area (Å²) in [5, 5.41) is 0. The van der Waals surface area contributed by atoms with Crippen molar-refractivity contribution < 1.29 is 4.79 Å². The molecule has 0 aliphatic rings. The molecule has 0 heterocycles. The van der Waals surface area contributed by atoms with Gasteiger partial charge in [-0.1, -0.05) is 18.2 Å². The maximum Gasteiger partial charge on any atom is 0.159 e. The Hall–Kier alpha value is -1.15. The second-order valence-electron chi connectivity index (χ2n) is 2.80. The molecule has 0 saturated carbocycles. The van der Waals surface area contributed by atoms with Gasteiger partial charge in [-0.25, -0.2) is 0 Å². The maximum atomic E-state index is 11.0. The van der Waals surface area contributed by atoms with Gasteiger partial charge in [-0.05, 0) is 31.5 Å². The third-order valence-electron chi connectivity index (χ3n) is 1.77. The minimum Gasteiger partial charge on any atom is -0.330 e. The van der Waals surface area contributed by atoms with Gasteiger partial charge in [0.1, 0.15) is 0 Å². The number of carbonyl (C=O) groups excluding carboxylic acids is 1. The van der Waals surface area contributed by atoms with Crippen LogP contribution in [0.5, 0.6) is 0 Å². The molecule has 0 saturated heterocycles. The Balaban J connectivity index is 2.88. The van der Waals surface area contributed by atoms with E-state index in [1.54, 1.807) is 6.92 Å². The minimum absolute atomic E-state index is 0.105. The van der Waals surface area contributed by atoms with Gasteiger partial charge in [0.05, 0.1) is 0 Å². The highest BCUT2D eigenvalue weighted by Crippen LogP contribution is 2.05. The van der Waals surface area contributed by atoms with Crippen LogP contribution in [0.25, 0.3) is 0 Å². The van der Waals surface area contributed by atoms with Crippen molar-refractivity contribution in [2.75, 3.05) is 6.54 Å². The normalized spacial score (nSPS) is 9.83. The summed E-state index contributed by atoms with van der Waals surface area (Å²) in [6, 6.07) is 7.60. The lowest BCUT2D eigenvalue weighted by atomic mass is 10.1. The van der Waals surface area contributed by atoms with Gasteiger partial charge in [0, 0.05) is 5.56 Å². The number of hydrogen-bond acceptors (Lipinski definition) is 2. The largest absolute Gasteiger partial charge is 0.330 e. The average Bonchev–Trinajstić information content (AvgIpc) is 2.05. The zero-order valence-electron chi connectivity index (χ0n) is 7.21. The molecule has 2 heteroatoms. The molecule has 0 radical (unpaired) electrons. The van der Waals surface area contributed by atoms with Crippen LogP contribution >= 0.6 is 0 Å². The zero-order chi connectivity index (χ0) is 8.97. The Labute approximate surface area is 72.4 Å². The molecule has 0 aliphatic heterocycles. The van der Waals surface area contributed by atoms with Crippen LogP contribution in [-0.2, 0) is 6.42 Å². The molecule has 12 heavy (non-hydrogen) atoms. The number of Topliss-reactive ketones (excluding diaryl/α,β-unsaturated/α-hetero) is 1. The third-order valence-corrected chi connectivity index (χ3v) is 1.77. The zero-order valence-corrected chi connectivity index (χ0v) is 7.21. The van der Waals surface area contributed by atoms with Gasteiger partial charge in [0.25, 0.3) is 0 Å². The SMILES string of the molecule is CC(=O)c1cccc(CCN)c1. The van der Waals surface area contributed by atoms with E-state index in [-0.39, 0.29) is 5.78 Å². The van der Waals surface area contributed by atoms with E-state index < -0.39 is 0 Å². The van der Waals surface area contributed by atoms with E-state index in [9.17, 15) is 4.79 Å². The van der Waals surface area contributed by atoms with Crippen molar-refractivity contribution in [1.29, 1.82) is 0 Å². The van der Waals surface area contributed by atoms with E-state index in [4.69, 9.17) is 5.73 Å². The maximum absolute atomic E-state index is 11.0. The van der Waals surface area contributed by atoms with E-state index in [1.165, 1.54) is 0 Å². The summed E-state index contributed by atoms with van der Waals surface area (Å²) in [7, 11) is 0. The molecule has 1 rings (SSSR count).